The predicted molar refractivity (Wildman–Crippen MR) is 153 cm³/mol. The molecule has 0 fully saturated rings. The van der Waals surface area contributed by atoms with Crippen LogP contribution in [0.2, 0.25) is 0 Å². The number of hydrogen-bond donors (Lipinski definition) is 0. The molecule has 0 radical (unpaired) electrons. The third kappa shape index (κ3) is 6.93. The third-order valence-electron chi connectivity index (χ3n) is 6.60. The van der Waals surface area contributed by atoms with Gasteiger partial charge in [0.2, 0.25) is 0 Å². The molecule has 0 spiro atoms. The van der Waals surface area contributed by atoms with E-state index in [-0.39, 0.29) is 28.7 Å². The van der Waals surface area contributed by atoms with Crippen molar-refractivity contribution in [2.45, 2.75) is 24.7 Å². The molecule has 180 valence electrons. The Morgan fingerprint density at radius 1 is 0.432 bits per heavy atom. The largest absolute Gasteiger partial charge is 4.00 e. The molecule has 0 saturated heterocycles. The molecule has 37 heavy (non-hydrogen) atoms. The summed E-state index contributed by atoms with van der Waals surface area (Å²) in [5.74, 6) is 0.622. The predicted octanol–water partition coefficient (Wildman–Crippen LogP) is 9.24. The standard InChI is InChI=1S/2C18H15.Hf.2H/c2*1-3-9-15(10-4-1)18(17-13-7-8-14-17)16-11-5-2-6-12-16;;;/h2*1-7,9-13,18H,8H2;;;/q2*-1;+4;2*-1. The fourth-order valence-electron chi connectivity index (χ4n) is 4.92. The second kappa shape index (κ2) is 13.9. The Bertz CT molecular complexity index is 1170. The van der Waals surface area contributed by atoms with Crippen molar-refractivity contribution < 1.29 is 28.7 Å². The molecule has 1 heteroatoms. The average molecular weight is 643 g/mol. The maximum absolute atomic E-state index is 3.46. The van der Waals surface area contributed by atoms with Gasteiger partial charge in [0.25, 0.3) is 0 Å². The van der Waals surface area contributed by atoms with Crippen molar-refractivity contribution >= 4 is 0 Å². The van der Waals surface area contributed by atoms with Crippen molar-refractivity contribution in [3.8, 4) is 0 Å². The Morgan fingerprint density at radius 3 is 0.919 bits per heavy atom. The SMILES string of the molecule is [C-]1=C(C(c2ccccc2)c2ccccc2)C=CC1.[C-]1=C(C(c2ccccc2)c2ccccc2)C=CC1.[H-].[H-].[Hf+4]. The van der Waals surface area contributed by atoms with Crippen LogP contribution < -0.4 is 0 Å². The van der Waals surface area contributed by atoms with Crippen LogP contribution >= 0.6 is 0 Å². The first-order valence-electron chi connectivity index (χ1n) is 12.6. The minimum atomic E-state index is 0. The molecular formula is C36H32Hf. The summed E-state index contributed by atoms with van der Waals surface area (Å²) in [6.45, 7) is 0. The smallest absolute Gasteiger partial charge is 1.00 e. The van der Waals surface area contributed by atoms with Gasteiger partial charge in [0.15, 0.2) is 0 Å². The van der Waals surface area contributed by atoms with Crippen LogP contribution in [-0.4, -0.2) is 0 Å². The summed E-state index contributed by atoms with van der Waals surface area (Å²) >= 11 is 0. The molecule has 0 atom stereocenters. The van der Waals surface area contributed by atoms with Crippen molar-refractivity contribution in [2.24, 2.45) is 0 Å². The zero-order chi connectivity index (χ0) is 24.4. The third-order valence-corrected chi connectivity index (χ3v) is 6.60. The Labute approximate surface area is 243 Å². The average Bonchev–Trinajstić information content (AvgIpc) is 3.68. The van der Waals surface area contributed by atoms with Gasteiger partial charge in [-0.25, -0.2) is 23.3 Å². The molecule has 0 unspecified atom stereocenters. The molecule has 0 N–H and O–H groups in total. The number of rotatable bonds is 6. The summed E-state index contributed by atoms with van der Waals surface area (Å²) in [4.78, 5) is 0. The molecule has 0 aliphatic heterocycles. The van der Waals surface area contributed by atoms with E-state index < -0.39 is 0 Å². The number of hydrogen-bond acceptors (Lipinski definition) is 0. The monoisotopic (exact) mass is 644 g/mol. The Hall–Kier alpha value is -3.29. The zero-order valence-electron chi connectivity index (χ0n) is 22.9. The Balaban J connectivity index is 0.000000254. The molecule has 0 saturated carbocycles. The van der Waals surface area contributed by atoms with E-state index in [1.807, 2.05) is 0 Å². The van der Waals surface area contributed by atoms with Crippen molar-refractivity contribution in [1.29, 1.82) is 0 Å². The first kappa shape index (κ1) is 26.8. The van der Waals surface area contributed by atoms with Crippen molar-refractivity contribution in [3.05, 3.63) is 191 Å². The van der Waals surface area contributed by atoms with Crippen LogP contribution in [0.4, 0.5) is 0 Å². The van der Waals surface area contributed by atoms with E-state index in [0.29, 0.717) is 11.8 Å². The van der Waals surface area contributed by atoms with E-state index in [4.69, 9.17) is 0 Å². The van der Waals surface area contributed by atoms with E-state index in [1.54, 1.807) is 0 Å². The van der Waals surface area contributed by atoms with Crippen molar-refractivity contribution in [2.75, 3.05) is 0 Å². The van der Waals surface area contributed by atoms with Gasteiger partial charge in [0.05, 0.1) is 0 Å². The van der Waals surface area contributed by atoms with Crippen LogP contribution in [-0.2, 0) is 25.8 Å². The van der Waals surface area contributed by atoms with E-state index in [2.05, 4.69) is 158 Å². The fraction of sp³-hybridized carbons (Fsp3) is 0.111. The minimum Gasteiger partial charge on any atom is -1.00 e. The van der Waals surface area contributed by atoms with E-state index in [1.165, 1.54) is 33.4 Å². The summed E-state index contributed by atoms with van der Waals surface area (Å²) in [6.07, 6.45) is 17.5. The summed E-state index contributed by atoms with van der Waals surface area (Å²) < 4.78 is 0. The second-order valence-corrected chi connectivity index (χ2v) is 8.99. The first-order chi connectivity index (χ1) is 17.9. The molecule has 0 nitrogen and oxygen atoms in total. The van der Waals surface area contributed by atoms with Gasteiger partial charge in [-0.1, -0.05) is 121 Å². The molecule has 0 aromatic heterocycles. The van der Waals surface area contributed by atoms with Crippen LogP contribution in [0.15, 0.2) is 157 Å². The van der Waals surface area contributed by atoms with E-state index in [0.717, 1.165) is 12.8 Å². The Morgan fingerprint density at radius 2 is 0.703 bits per heavy atom. The molecule has 0 bridgehead atoms. The number of allylic oxidation sites excluding steroid dienone is 8. The summed E-state index contributed by atoms with van der Waals surface area (Å²) in [5, 5.41) is 0. The zero-order valence-corrected chi connectivity index (χ0v) is 24.5. The van der Waals surface area contributed by atoms with Gasteiger partial charge in [-0.05, 0) is 22.3 Å². The van der Waals surface area contributed by atoms with Gasteiger partial charge >= 0.3 is 25.8 Å². The maximum Gasteiger partial charge on any atom is 4.00 e. The normalized spacial score (nSPS) is 13.6. The van der Waals surface area contributed by atoms with Crippen LogP contribution in [0, 0.1) is 12.2 Å². The molecule has 4 aromatic rings. The van der Waals surface area contributed by atoms with Crippen LogP contribution in [0.25, 0.3) is 0 Å². The maximum atomic E-state index is 3.46. The quantitative estimate of drug-likeness (QED) is 0.145. The fourth-order valence-corrected chi connectivity index (χ4v) is 4.92. The van der Waals surface area contributed by atoms with E-state index in [9.17, 15) is 0 Å². The van der Waals surface area contributed by atoms with Gasteiger partial charge in [-0.2, -0.15) is 12.2 Å². The molecule has 4 aromatic carbocycles. The molecule has 6 rings (SSSR count). The van der Waals surface area contributed by atoms with Crippen LogP contribution in [0.1, 0.15) is 49.8 Å². The summed E-state index contributed by atoms with van der Waals surface area (Å²) in [7, 11) is 0. The van der Waals surface area contributed by atoms with Gasteiger partial charge in [-0.15, -0.1) is 12.8 Å². The van der Waals surface area contributed by atoms with Crippen molar-refractivity contribution in [1.82, 2.24) is 0 Å². The van der Waals surface area contributed by atoms with Gasteiger partial charge < -0.3 is 2.85 Å². The molecule has 2 aliphatic rings. The van der Waals surface area contributed by atoms with Crippen molar-refractivity contribution in [3.63, 3.8) is 0 Å². The van der Waals surface area contributed by atoms with E-state index >= 15 is 0 Å². The van der Waals surface area contributed by atoms with Gasteiger partial charge in [-0.3, -0.25) is 12.2 Å². The van der Waals surface area contributed by atoms with Crippen LogP contribution in [0.5, 0.6) is 0 Å². The minimum absolute atomic E-state index is 0. The summed E-state index contributed by atoms with van der Waals surface area (Å²) in [6, 6.07) is 42.6. The molecule has 2 aliphatic carbocycles. The van der Waals surface area contributed by atoms with Gasteiger partial charge in [0, 0.05) is 11.8 Å². The summed E-state index contributed by atoms with van der Waals surface area (Å²) in [5.41, 5.74) is 7.89. The first-order valence-corrected chi connectivity index (χ1v) is 12.6. The molecular weight excluding hydrogens is 611 g/mol. The molecule has 0 amide bonds. The molecule has 0 heterocycles. The number of benzene rings is 4. The topological polar surface area (TPSA) is 0 Å². The van der Waals surface area contributed by atoms with Gasteiger partial charge in [0.1, 0.15) is 0 Å². The second-order valence-electron chi connectivity index (χ2n) is 8.99. The van der Waals surface area contributed by atoms with Crippen LogP contribution in [0.3, 0.4) is 0 Å². The Kier molecular flexibility index (Phi) is 10.0.